The molecule has 1 heterocycles. The minimum absolute atomic E-state index is 0. The summed E-state index contributed by atoms with van der Waals surface area (Å²) >= 11 is 3.22. The molecule has 116 valence electrons. The van der Waals surface area contributed by atoms with E-state index < -0.39 is 22.6 Å². The molecule has 0 amide bonds. The molecule has 1 aromatic heterocycles. The van der Waals surface area contributed by atoms with Crippen LogP contribution in [0.15, 0.2) is 10.7 Å². The molecule has 0 N–H and O–H groups in total. The summed E-state index contributed by atoms with van der Waals surface area (Å²) in [6.45, 7) is 15.6. The van der Waals surface area contributed by atoms with Crippen molar-refractivity contribution in [3.63, 3.8) is 0 Å². The SMILES string of the molecule is COC(=O)n1ncc(Br)c1C.C[Si](C)(C)[N-][Si](C)(C)C.[Li+]. The molecular formula is C12H25BrLiN3O2Si2. The third-order valence-corrected chi connectivity index (χ3v) is 8.11. The van der Waals surface area contributed by atoms with Gasteiger partial charge >= 0.3 is 25.0 Å². The van der Waals surface area contributed by atoms with Crippen LogP contribution in [0.2, 0.25) is 39.3 Å². The number of hydrogen-bond acceptors (Lipinski definition) is 3. The van der Waals surface area contributed by atoms with Gasteiger partial charge in [-0.3, -0.25) is 0 Å². The quantitative estimate of drug-likeness (QED) is 0.726. The zero-order valence-electron chi connectivity index (χ0n) is 14.6. The first-order chi connectivity index (χ1) is 8.87. The molecule has 0 aliphatic carbocycles. The molecule has 1 aromatic rings. The molecule has 5 nitrogen and oxygen atoms in total. The Morgan fingerprint density at radius 2 is 1.67 bits per heavy atom. The Morgan fingerprint density at radius 1 is 1.24 bits per heavy atom. The van der Waals surface area contributed by atoms with Gasteiger partial charge in [0.15, 0.2) is 0 Å². The van der Waals surface area contributed by atoms with Gasteiger partial charge in [0.2, 0.25) is 0 Å². The fraction of sp³-hybridized carbons (Fsp3) is 0.667. The zero-order valence-corrected chi connectivity index (χ0v) is 18.2. The van der Waals surface area contributed by atoms with E-state index in [0.717, 1.165) is 10.2 Å². The first-order valence-corrected chi connectivity index (χ1v) is 14.1. The number of aromatic nitrogens is 2. The summed E-state index contributed by atoms with van der Waals surface area (Å²) in [6, 6.07) is 0. The predicted octanol–water partition coefficient (Wildman–Crippen LogP) is 1.60. The molecule has 0 aliphatic heterocycles. The summed E-state index contributed by atoms with van der Waals surface area (Å²) in [5.74, 6) is 0. The van der Waals surface area contributed by atoms with Crippen molar-refractivity contribution in [2.45, 2.75) is 46.2 Å². The van der Waals surface area contributed by atoms with E-state index in [-0.39, 0.29) is 18.9 Å². The minimum Gasteiger partial charge on any atom is -0.668 e. The van der Waals surface area contributed by atoms with Crippen molar-refractivity contribution in [1.82, 2.24) is 9.78 Å². The van der Waals surface area contributed by atoms with Crippen molar-refractivity contribution in [3.05, 3.63) is 21.0 Å². The third-order valence-electron chi connectivity index (χ3n) is 1.97. The molecule has 1 rings (SSSR count). The van der Waals surface area contributed by atoms with Crippen molar-refractivity contribution in [1.29, 1.82) is 0 Å². The van der Waals surface area contributed by atoms with Crippen molar-refractivity contribution < 1.29 is 28.4 Å². The Morgan fingerprint density at radius 3 is 1.86 bits per heavy atom. The van der Waals surface area contributed by atoms with Gasteiger partial charge in [0, 0.05) is 0 Å². The number of carbonyl (C=O) groups is 1. The molecule has 0 unspecified atom stereocenters. The number of carbonyl (C=O) groups excluding carboxylic acids is 1. The maximum Gasteiger partial charge on any atom is 1.00 e. The molecule has 21 heavy (non-hydrogen) atoms. The van der Waals surface area contributed by atoms with Gasteiger partial charge in [-0.15, -0.1) is 0 Å². The third kappa shape index (κ3) is 10.5. The van der Waals surface area contributed by atoms with Gasteiger partial charge in [-0.05, 0) is 22.9 Å². The Bertz CT molecular complexity index is 444. The van der Waals surface area contributed by atoms with Crippen LogP contribution in [-0.4, -0.2) is 39.5 Å². The predicted molar refractivity (Wildman–Crippen MR) is 92.5 cm³/mol. The summed E-state index contributed by atoms with van der Waals surface area (Å²) < 4.78 is 11.3. The van der Waals surface area contributed by atoms with Crippen LogP contribution in [0.3, 0.4) is 0 Å². The number of hydrogen-bond donors (Lipinski definition) is 0. The monoisotopic (exact) mass is 385 g/mol. The van der Waals surface area contributed by atoms with Crippen molar-refractivity contribution in [3.8, 4) is 0 Å². The van der Waals surface area contributed by atoms with Crippen LogP contribution in [0.1, 0.15) is 5.69 Å². The summed E-state index contributed by atoms with van der Waals surface area (Å²) in [7, 11) is -0.895. The summed E-state index contributed by atoms with van der Waals surface area (Å²) in [4.78, 5) is 10.9. The average Bonchev–Trinajstić information content (AvgIpc) is 2.54. The maximum absolute atomic E-state index is 10.9. The number of nitrogens with zero attached hydrogens (tertiary/aromatic N) is 3. The molecule has 0 saturated carbocycles. The second-order valence-electron chi connectivity index (χ2n) is 6.41. The smallest absolute Gasteiger partial charge is 0.668 e. The Balaban J connectivity index is 0. The molecule has 0 aliphatic rings. The largest absolute Gasteiger partial charge is 1.00 e. The van der Waals surface area contributed by atoms with Gasteiger partial charge in [-0.2, -0.15) is 9.78 Å². The van der Waals surface area contributed by atoms with Gasteiger partial charge in [0.1, 0.15) is 0 Å². The second-order valence-corrected chi connectivity index (χ2v) is 16.8. The van der Waals surface area contributed by atoms with E-state index in [9.17, 15) is 4.79 Å². The van der Waals surface area contributed by atoms with Crippen LogP contribution < -0.4 is 18.9 Å². The fourth-order valence-electron chi connectivity index (χ4n) is 1.67. The van der Waals surface area contributed by atoms with Crippen LogP contribution in [0.25, 0.3) is 4.65 Å². The zero-order chi connectivity index (χ0) is 16.1. The Hall–Kier alpha value is 0.151. The van der Waals surface area contributed by atoms with Gasteiger partial charge in [-0.1, -0.05) is 55.8 Å². The molecule has 0 fully saturated rings. The summed E-state index contributed by atoms with van der Waals surface area (Å²) in [5.41, 5.74) is 0.733. The van der Waals surface area contributed by atoms with Crippen molar-refractivity contribution in [2.75, 3.05) is 7.11 Å². The van der Waals surface area contributed by atoms with Gasteiger partial charge in [0.25, 0.3) is 0 Å². The molecule has 0 aromatic carbocycles. The molecule has 0 spiro atoms. The minimum atomic E-state index is -1.11. The summed E-state index contributed by atoms with van der Waals surface area (Å²) in [6.07, 6.45) is 1.07. The van der Waals surface area contributed by atoms with Crippen molar-refractivity contribution in [2.24, 2.45) is 0 Å². The van der Waals surface area contributed by atoms with E-state index in [1.807, 2.05) is 0 Å². The van der Waals surface area contributed by atoms with E-state index in [2.05, 4.69) is 65.0 Å². The topological polar surface area (TPSA) is 58.2 Å². The van der Waals surface area contributed by atoms with Crippen LogP contribution in [-0.2, 0) is 4.74 Å². The molecule has 9 heteroatoms. The normalized spacial score (nSPS) is 11.1. The van der Waals surface area contributed by atoms with E-state index in [1.54, 1.807) is 13.1 Å². The average molecular weight is 386 g/mol. The molecule has 0 bridgehead atoms. The molecule has 0 saturated heterocycles. The fourth-order valence-corrected chi connectivity index (χ4v) is 9.98. The van der Waals surface area contributed by atoms with E-state index in [1.165, 1.54) is 11.8 Å². The maximum atomic E-state index is 10.9. The number of halogens is 1. The first-order valence-electron chi connectivity index (χ1n) is 6.40. The second kappa shape index (κ2) is 9.33. The number of ether oxygens (including phenoxy) is 1. The first kappa shape index (κ1) is 23.4. The van der Waals surface area contributed by atoms with Gasteiger partial charge < -0.3 is 9.38 Å². The standard InChI is InChI=1S/C6H7BrN2O2.C6H18NSi2.Li/c1-4-5(7)3-8-9(4)6(10)11-2;1-8(2,3)7-9(4,5)6;/h3H,1-2H3;1-6H3;/q;-1;+1. The van der Waals surface area contributed by atoms with Gasteiger partial charge in [0.05, 0.1) is 23.5 Å². The van der Waals surface area contributed by atoms with E-state index in [4.69, 9.17) is 4.65 Å². The summed E-state index contributed by atoms with van der Waals surface area (Å²) in [5, 5.41) is 3.78. The van der Waals surface area contributed by atoms with Gasteiger partial charge in [-0.25, -0.2) is 4.79 Å². The van der Waals surface area contributed by atoms with E-state index >= 15 is 0 Å². The number of methoxy groups -OCH3 is 1. The van der Waals surface area contributed by atoms with Crippen LogP contribution in [0, 0.1) is 6.92 Å². The number of rotatable bonds is 2. The molecule has 0 radical (unpaired) electrons. The molecule has 0 atom stereocenters. The van der Waals surface area contributed by atoms with Crippen LogP contribution >= 0.6 is 15.9 Å². The Labute approximate surface area is 150 Å². The van der Waals surface area contributed by atoms with Crippen molar-refractivity contribution >= 4 is 38.5 Å². The van der Waals surface area contributed by atoms with Crippen LogP contribution in [0.5, 0.6) is 0 Å². The Kier molecular flexibility index (Phi) is 10.4. The van der Waals surface area contributed by atoms with Crippen LogP contribution in [0.4, 0.5) is 4.79 Å². The van der Waals surface area contributed by atoms with E-state index in [0.29, 0.717) is 0 Å². The molecular weight excluding hydrogens is 361 g/mol.